The fourth-order valence-corrected chi connectivity index (χ4v) is 3.44. The summed E-state index contributed by atoms with van der Waals surface area (Å²) in [6.45, 7) is 11.0. The number of nitrogens with zero attached hydrogens (tertiary/aromatic N) is 3. The molecule has 0 radical (unpaired) electrons. The molecule has 1 fully saturated rings. The molecule has 0 aromatic carbocycles. The van der Waals surface area contributed by atoms with Gasteiger partial charge in [-0.05, 0) is 19.8 Å². The molecule has 134 valence electrons. The monoisotopic (exact) mass is 351 g/mol. The summed E-state index contributed by atoms with van der Waals surface area (Å²) in [5.74, 6) is 1.09. The average molecular weight is 352 g/mol. The van der Waals surface area contributed by atoms with Crippen LogP contribution < -0.4 is 10.6 Å². The van der Waals surface area contributed by atoms with Gasteiger partial charge in [-0.2, -0.15) is 0 Å². The van der Waals surface area contributed by atoms with E-state index in [1.165, 1.54) is 0 Å². The molecule has 2 heterocycles. The third kappa shape index (κ3) is 5.19. The van der Waals surface area contributed by atoms with Gasteiger partial charge in [0, 0.05) is 37.0 Å². The molecular formula is C17H29N5OS. The molecule has 1 saturated heterocycles. The van der Waals surface area contributed by atoms with Crippen molar-refractivity contribution in [1.82, 2.24) is 20.5 Å². The number of carbonyl (C=O) groups excluding carboxylic acids is 1. The Labute approximate surface area is 148 Å². The van der Waals surface area contributed by atoms with Gasteiger partial charge in [0.05, 0.1) is 17.2 Å². The molecule has 0 aliphatic carbocycles. The Balaban J connectivity index is 1.91. The maximum Gasteiger partial charge on any atom is 0.225 e. The minimum atomic E-state index is 0.0584. The molecule has 24 heavy (non-hydrogen) atoms. The van der Waals surface area contributed by atoms with Crippen molar-refractivity contribution in [2.45, 2.75) is 53.1 Å². The van der Waals surface area contributed by atoms with Gasteiger partial charge in [0.15, 0.2) is 5.96 Å². The topological polar surface area (TPSA) is 69.6 Å². The molecule has 1 aliphatic heterocycles. The van der Waals surface area contributed by atoms with E-state index in [-0.39, 0.29) is 17.9 Å². The number of aliphatic imine (C=N–C) groups is 1. The molecule has 1 atom stereocenters. The summed E-state index contributed by atoms with van der Waals surface area (Å²) >= 11 is 1.69. The summed E-state index contributed by atoms with van der Waals surface area (Å²) in [7, 11) is 0. The van der Waals surface area contributed by atoms with Gasteiger partial charge in [-0.15, -0.1) is 11.3 Å². The number of hydrogen-bond donors (Lipinski definition) is 2. The molecule has 0 spiro atoms. The number of nitrogens with one attached hydrogen (secondary N) is 2. The Kier molecular flexibility index (Phi) is 7.02. The van der Waals surface area contributed by atoms with Gasteiger partial charge in [0.1, 0.15) is 0 Å². The van der Waals surface area contributed by atoms with Crippen molar-refractivity contribution in [2.24, 2.45) is 10.9 Å². The van der Waals surface area contributed by atoms with Crippen LogP contribution in [0.5, 0.6) is 0 Å². The van der Waals surface area contributed by atoms with E-state index in [1.54, 1.807) is 11.3 Å². The highest BCUT2D eigenvalue weighted by Gasteiger charge is 2.27. The quantitative estimate of drug-likeness (QED) is 0.608. The van der Waals surface area contributed by atoms with Gasteiger partial charge in [-0.3, -0.25) is 4.79 Å². The number of carbonyl (C=O) groups is 1. The second kappa shape index (κ2) is 9.01. The number of thiazole rings is 1. The third-order valence-electron chi connectivity index (χ3n) is 3.98. The van der Waals surface area contributed by atoms with Gasteiger partial charge >= 0.3 is 0 Å². The highest BCUT2D eigenvalue weighted by molar-refractivity contribution is 7.09. The Morgan fingerprint density at radius 2 is 2.29 bits per heavy atom. The van der Waals surface area contributed by atoms with E-state index >= 15 is 0 Å². The van der Waals surface area contributed by atoms with Crippen LogP contribution in [0.3, 0.4) is 0 Å². The van der Waals surface area contributed by atoms with Crippen LogP contribution in [0.25, 0.3) is 0 Å². The molecule has 1 aliphatic rings. The zero-order chi connectivity index (χ0) is 17.5. The lowest BCUT2D eigenvalue weighted by molar-refractivity contribution is -0.133. The van der Waals surface area contributed by atoms with Crippen LogP contribution in [0.15, 0.2) is 10.4 Å². The predicted octanol–water partition coefficient (Wildman–Crippen LogP) is 2.02. The molecular weight excluding hydrogens is 322 g/mol. The minimum Gasteiger partial charge on any atom is -0.357 e. The lowest BCUT2D eigenvalue weighted by Crippen LogP contribution is -2.45. The van der Waals surface area contributed by atoms with E-state index in [2.05, 4.69) is 39.8 Å². The lowest BCUT2D eigenvalue weighted by atomic mass is 10.2. The van der Waals surface area contributed by atoms with Crippen molar-refractivity contribution in [1.29, 1.82) is 0 Å². The molecule has 6 nitrogen and oxygen atoms in total. The van der Waals surface area contributed by atoms with Crippen molar-refractivity contribution in [2.75, 3.05) is 19.6 Å². The van der Waals surface area contributed by atoms with Gasteiger partial charge in [-0.1, -0.05) is 20.8 Å². The van der Waals surface area contributed by atoms with Crippen molar-refractivity contribution in [3.63, 3.8) is 0 Å². The van der Waals surface area contributed by atoms with E-state index in [4.69, 9.17) is 0 Å². The second-order valence-electron chi connectivity index (χ2n) is 6.35. The van der Waals surface area contributed by atoms with Crippen LogP contribution in [0.1, 0.15) is 44.8 Å². The molecule has 2 N–H and O–H groups in total. The normalized spacial score (nSPS) is 18.3. The number of aryl methyl sites for hydroxylation is 1. The van der Waals surface area contributed by atoms with Crippen LogP contribution in [-0.2, 0) is 17.8 Å². The number of rotatable bonds is 6. The molecule has 1 unspecified atom stereocenters. The third-order valence-corrected chi connectivity index (χ3v) is 5.02. The van der Waals surface area contributed by atoms with Gasteiger partial charge < -0.3 is 15.5 Å². The standard InChI is InChI=1S/C17H29N5OS/c1-5-15-20-14(11-24-15)9-19-17(18-6-2)21-13-7-8-22(10-13)16(23)12(3)4/h11-13H,5-10H2,1-4H3,(H2,18,19,21). The largest absolute Gasteiger partial charge is 0.357 e. The first-order chi connectivity index (χ1) is 11.5. The summed E-state index contributed by atoms with van der Waals surface area (Å²) in [6.07, 6.45) is 1.92. The first kappa shape index (κ1) is 18.7. The van der Waals surface area contributed by atoms with E-state index in [0.717, 1.165) is 49.1 Å². The van der Waals surface area contributed by atoms with Crippen LogP contribution >= 0.6 is 11.3 Å². The van der Waals surface area contributed by atoms with Crippen LogP contribution in [-0.4, -0.2) is 47.4 Å². The highest BCUT2D eigenvalue weighted by Crippen LogP contribution is 2.13. The Hall–Kier alpha value is -1.63. The van der Waals surface area contributed by atoms with E-state index in [9.17, 15) is 4.79 Å². The highest BCUT2D eigenvalue weighted by atomic mass is 32.1. The van der Waals surface area contributed by atoms with E-state index < -0.39 is 0 Å². The number of amides is 1. The van der Waals surface area contributed by atoms with Crippen LogP contribution in [0.2, 0.25) is 0 Å². The van der Waals surface area contributed by atoms with E-state index in [1.807, 2.05) is 18.7 Å². The Morgan fingerprint density at radius 1 is 1.50 bits per heavy atom. The minimum absolute atomic E-state index is 0.0584. The Bertz CT molecular complexity index is 569. The molecule has 1 aromatic rings. The van der Waals surface area contributed by atoms with Gasteiger partial charge in [0.25, 0.3) is 0 Å². The van der Waals surface area contributed by atoms with E-state index in [0.29, 0.717) is 6.54 Å². The SMILES string of the molecule is CCNC(=NCc1csc(CC)n1)NC1CCN(C(=O)C(C)C)C1. The lowest BCUT2D eigenvalue weighted by Gasteiger charge is -2.20. The number of guanidine groups is 1. The van der Waals surface area contributed by atoms with Crippen molar-refractivity contribution in [3.8, 4) is 0 Å². The van der Waals surface area contributed by atoms with Crippen molar-refractivity contribution < 1.29 is 4.79 Å². The zero-order valence-electron chi connectivity index (χ0n) is 15.1. The maximum atomic E-state index is 12.1. The molecule has 1 aromatic heterocycles. The fraction of sp³-hybridized carbons (Fsp3) is 0.706. The van der Waals surface area contributed by atoms with Crippen molar-refractivity contribution in [3.05, 3.63) is 16.1 Å². The predicted molar refractivity (Wildman–Crippen MR) is 99.3 cm³/mol. The summed E-state index contributed by atoms with van der Waals surface area (Å²) < 4.78 is 0. The average Bonchev–Trinajstić information content (AvgIpc) is 3.21. The maximum absolute atomic E-state index is 12.1. The van der Waals surface area contributed by atoms with Crippen LogP contribution in [0, 0.1) is 5.92 Å². The Morgan fingerprint density at radius 3 is 2.92 bits per heavy atom. The molecule has 1 amide bonds. The zero-order valence-corrected chi connectivity index (χ0v) is 15.9. The van der Waals surface area contributed by atoms with Crippen LogP contribution in [0.4, 0.5) is 0 Å². The molecule has 7 heteroatoms. The molecule has 0 bridgehead atoms. The summed E-state index contributed by atoms with van der Waals surface area (Å²) in [6, 6.07) is 0.257. The second-order valence-corrected chi connectivity index (χ2v) is 7.29. The number of likely N-dealkylation sites (tertiary alicyclic amines) is 1. The summed E-state index contributed by atoms with van der Waals surface area (Å²) in [4.78, 5) is 23.2. The van der Waals surface area contributed by atoms with Gasteiger partial charge in [0.2, 0.25) is 5.91 Å². The fourth-order valence-electron chi connectivity index (χ4n) is 2.70. The smallest absolute Gasteiger partial charge is 0.225 e. The summed E-state index contributed by atoms with van der Waals surface area (Å²) in [5.41, 5.74) is 1.01. The molecule has 2 rings (SSSR count). The summed E-state index contributed by atoms with van der Waals surface area (Å²) in [5, 5.41) is 9.95. The first-order valence-electron chi connectivity index (χ1n) is 8.80. The van der Waals surface area contributed by atoms with Crippen molar-refractivity contribution >= 4 is 23.2 Å². The first-order valence-corrected chi connectivity index (χ1v) is 9.68. The molecule has 0 saturated carbocycles. The van der Waals surface area contributed by atoms with Gasteiger partial charge in [-0.25, -0.2) is 9.98 Å². The number of hydrogen-bond acceptors (Lipinski definition) is 4. The number of aromatic nitrogens is 1.